The van der Waals surface area contributed by atoms with E-state index in [0.29, 0.717) is 17.0 Å². The minimum atomic E-state index is -0.584. The van der Waals surface area contributed by atoms with Crippen molar-refractivity contribution in [1.82, 2.24) is 0 Å². The van der Waals surface area contributed by atoms with Gasteiger partial charge in [0.25, 0.3) is 5.91 Å². The average Bonchev–Trinajstić information content (AvgIpc) is 2.48. The molecule has 21 heavy (non-hydrogen) atoms. The van der Waals surface area contributed by atoms with E-state index in [1.165, 1.54) is 18.2 Å². The van der Waals surface area contributed by atoms with Crippen LogP contribution in [0.25, 0.3) is 0 Å². The number of ether oxygens (including phenoxy) is 1. The van der Waals surface area contributed by atoms with Crippen molar-refractivity contribution in [2.24, 2.45) is 0 Å². The van der Waals surface area contributed by atoms with Crippen LogP contribution in [0.3, 0.4) is 0 Å². The normalized spacial score (nSPS) is 13.1. The topological polar surface area (TPSA) is 55.4 Å². The Kier molecular flexibility index (Phi) is 3.35. The number of nitrogens with one attached hydrogen (secondary N) is 1. The number of fused-ring (bicyclic) bond motifs is 1. The summed E-state index contributed by atoms with van der Waals surface area (Å²) in [6, 6.07) is 8.47. The molecular formula is C15H9ClFNO3. The van der Waals surface area contributed by atoms with Gasteiger partial charge < -0.3 is 10.1 Å². The Hall–Kier alpha value is -2.40. The second kappa shape index (κ2) is 5.18. The molecule has 0 atom stereocenters. The van der Waals surface area contributed by atoms with Crippen molar-refractivity contribution in [1.29, 1.82) is 0 Å². The zero-order chi connectivity index (χ0) is 15.0. The summed E-state index contributed by atoms with van der Waals surface area (Å²) >= 11 is 5.68. The van der Waals surface area contributed by atoms with Gasteiger partial charge in [-0.25, -0.2) is 4.39 Å². The summed E-state index contributed by atoms with van der Waals surface area (Å²) in [6.45, 7) is -0.0478. The van der Waals surface area contributed by atoms with Gasteiger partial charge in [0.2, 0.25) is 0 Å². The average molecular weight is 306 g/mol. The predicted molar refractivity (Wildman–Crippen MR) is 75.4 cm³/mol. The number of anilines is 1. The molecule has 0 saturated heterocycles. The molecule has 1 heterocycles. The lowest BCUT2D eigenvalue weighted by Crippen LogP contribution is -2.25. The first kappa shape index (κ1) is 13.6. The Morgan fingerprint density at radius 1 is 1.19 bits per heavy atom. The van der Waals surface area contributed by atoms with Crippen LogP contribution in [0, 0.1) is 5.82 Å². The second-order valence-corrected chi connectivity index (χ2v) is 4.91. The molecule has 0 spiro atoms. The van der Waals surface area contributed by atoms with Crippen molar-refractivity contribution in [3.63, 3.8) is 0 Å². The standard InChI is InChI=1S/C15H9ClFNO3/c16-10-5-8(1-3-11(10)17)15(20)9-2-4-13-12(6-9)18-14(19)7-21-13/h1-6H,7H2,(H,18,19). The fraction of sp³-hybridized carbons (Fsp3) is 0.0667. The van der Waals surface area contributed by atoms with Gasteiger partial charge in [0, 0.05) is 11.1 Å². The van der Waals surface area contributed by atoms with Crippen LogP contribution >= 0.6 is 11.6 Å². The lowest BCUT2D eigenvalue weighted by Gasteiger charge is -2.18. The fourth-order valence-corrected chi connectivity index (χ4v) is 2.21. The molecule has 106 valence electrons. The van der Waals surface area contributed by atoms with Crippen LogP contribution in [0.5, 0.6) is 5.75 Å². The van der Waals surface area contributed by atoms with E-state index in [1.807, 2.05) is 0 Å². The third kappa shape index (κ3) is 2.60. The molecule has 3 rings (SSSR count). The number of carbonyl (C=O) groups is 2. The molecule has 1 aliphatic rings. The second-order valence-electron chi connectivity index (χ2n) is 4.51. The van der Waals surface area contributed by atoms with E-state index in [1.54, 1.807) is 12.1 Å². The Labute approximate surface area is 124 Å². The monoisotopic (exact) mass is 305 g/mol. The summed E-state index contributed by atoms with van der Waals surface area (Å²) in [5.41, 5.74) is 1.05. The van der Waals surface area contributed by atoms with Gasteiger partial charge in [-0.05, 0) is 36.4 Å². The SMILES string of the molecule is O=C1COc2ccc(C(=O)c3ccc(F)c(Cl)c3)cc2N1. The van der Waals surface area contributed by atoms with E-state index >= 15 is 0 Å². The van der Waals surface area contributed by atoms with Crippen LogP contribution in [0.4, 0.5) is 10.1 Å². The molecule has 0 aromatic heterocycles. The van der Waals surface area contributed by atoms with Gasteiger partial charge in [-0.1, -0.05) is 11.6 Å². The van der Waals surface area contributed by atoms with Gasteiger partial charge in [0.15, 0.2) is 12.4 Å². The number of hydrogen-bond acceptors (Lipinski definition) is 3. The number of amides is 1. The number of halogens is 2. The van der Waals surface area contributed by atoms with E-state index in [0.717, 1.165) is 6.07 Å². The number of ketones is 1. The van der Waals surface area contributed by atoms with Crippen molar-refractivity contribution >= 4 is 29.0 Å². The highest BCUT2D eigenvalue weighted by Crippen LogP contribution is 2.29. The zero-order valence-corrected chi connectivity index (χ0v) is 11.4. The molecule has 1 aliphatic heterocycles. The van der Waals surface area contributed by atoms with Crippen molar-refractivity contribution < 1.29 is 18.7 Å². The molecule has 4 nitrogen and oxygen atoms in total. The largest absolute Gasteiger partial charge is 0.482 e. The van der Waals surface area contributed by atoms with Crippen LogP contribution in [0.1, 0.15) is 15.9 Å². The quantitative estimate of drug-likeness (QED) is 0.868. The molecule has 0 unspecified atom stereocenters. The molecule has 0 bridgehead atoms. The van der Waals surface area contributed by atoms with Gasteiger partial charge in [-0.15, -0.1) is 0 Å². The Morgan fingerprint density at radius 3 is 2.67 bits per heavy atom. The highest BCUT2D eigenvalue weighted by atomic mass is 35.5. The third-order valence-corrected chi connectivity index (χ3v) is 3.35. The molecule has 2 aromatic carbocycles. The van der Waals surface area contributed by atoms with Crippen molar-refractivity contribution in [3.8, 4) is 5.75 Å². The van der Waals surface area contributed by atoms with Crippen LogP contribution in [-0.4, -0.2) is 18.3 Å². The Morgan fingerprint density at radius 2 is 1.90 bits per heavy atom. The maximum absolute atomic E-state index is 13.1. The van der Waals surface area contributed by atoms with Crippen molar-refractivity contribution in [2.75, 3.05) is 11.9 Å². The Bertz CT molecular complexity index is 761. The summed E-state index contributed by atoms with van der Waals surface area (Å²) < 4.78 is 18.3. The minimum absolute atomic E-state index is 0.0478. The fourth-order valence-electron chi connectivity index (χ4n) is 2.03. The number of benzene rings is 2. The van der Waals surface area contributed by atoms with Gasteiger partial charge in [-0.3, -0.25) is 9.59 Å². The van der Waals surface area contributed by atoms with Crippen molar-refractivity contribution in [3.05, 3.63) is 58.4 Å². The number of carbonyl (C=O) groups excluding carboxylic acids is 2. The smallest absolute Gasteiger partial charge is 0.262 e. The molecule has 0 aliphatic carbocycles. The summed E-state index contributed by atoms with van der Waals surface area (Å²) in [4.78, 5) is 23.6. The van der Waals surface area contributed by atoms with Crippen molar-refractivity contribution in [2.45, 2.75) is 0 Å². The van der Waals surface area contributed by atoms with Crippen LogP contribution in [0.15, 0.2) is 36.4 Å². The number of hydrogen-bond donors (Lipinski definition) is 1. The lowest BCUT2D eigenvalue weighted by molar-refractivity contribution is -0.118. The first-order valence-corrected chi connectivity index (χ1v) is 6.49. The maximum atomic E-state index is 13.1. The van der Waals surface area contributed by atoms with Crippen LogP contribution in [-0.2, 0) is 4.79 Å². The summed E-state index contributed by atoms with van der Waals surface area (Å²) in [5.74, 6) is -0.681. The Balaban J connectivity index is 1.96. The first-order valence-electron chi connectivity index (χ1n) is 6.11. The maximum Gasteiger partial charge on any atom is 0.262 e. The minimum Gasteiger partial charge on any atom is -0.482 e. The van der Waals surface area contributed by atoms with Gasteiger partial charge in [0.05, 0.1) is 10.7 Å². The van der Waals surface area contributed by atoms with Crippen LogP contribution in [0.2, 0.25) is 5.02 Å². The van der Waals surface area contributed by atoms with Gasteiger partial charge >= 0.3 is 0 Å². The van der Waals surface area contributed by atoms with Gasteiger partial charge in [0.1, 0.15) is 11.6 Å². The first-order chi connectivity index (χ1) is 10.0. The molecule has 1 N–H and O–H groups in total. The van der Waals surface area contributed by atoms with E-state index in [2.05, 4.69) is 5.32 Å². The van der Waals surface area contributed by atoms with Gasteiger partial charge in [-0.2, -0.15) is 0 Å². The van der Waals surface area contributed by atoms with E-state index < -0.39 is 5.82 Å². The highest BCUT2D eigenvalue weighted by molar-refractivity contribution is 6.31. The number of rotatable bonds is 2. The van der Waals surface area contributed by atoms with E-state index in [-0.39, 0.29) is 28.9 Å². The molecule has 0 fully saturated rings. The van der Waals surface area contributed by atoms with E-state index in [4.69, 9.17) is 16.3 Å². The third-order valence-electron chi connectivity index (χ3n) is 3.06. The lowest BCUT2D eigenvalue weighted by atomic mass is 10.0. The molecule has 0 saturated carbocycles. The summed E-state index contributed by atoms with van der Waals surface area (Å²) in [6.07, 6.45) is 0. The highest BCUT2D eigenvalue weighted by Gasteiger charge is 2.18. The molecule has 6 heteroatoms. The molecule has 1 amide bonds. The molecular weight excluding hydrogens is 297 g/mol. The molecule has 2 aromatic rings. The summed E-state index contributed by atoms with van der Waals surface area (Å²) in [5, 5.41) is 2.51. The predicted octanol–water partition coefficient (Wildman–Crippen LogP) is 3.04. The van der Waals surface area contributed by atoms with E-state index in [9.17, 15) is 14.0 Å². The van der Waals surface area contributed by atoms with Crippen LogP contribution < -0.4 is 10.1 Å². The molecule has 0 radical (unpaired) electrons. The summed E-state index contributed by atoms with van der Waals surface area (Å²) in [7, 11) is 0. The zero-order valence-electron chi connectivity index (χ0n) is 10.7.